The number of hydrogen-bond donors (Lipinski definition) is 0. The molecule has 1 aromatic heterocycles. The number of nitrogens with zero attached hydrogens (tertiary/aromatic N) is 2. The molecule has 1 heterocycles. The Morgan fingerprint density at radius 2 is 1.93 bits per heavy atom. The normalized spacial score (nSPS) is 11.8. The molecule has 0 amide bonds. The summed E-state index contributed by atoms with van der Waals surface area (Å²) < 4.78 is 46.6. The lowest BCUT2D eigenvalue weighted by molar-refractivity contribution is -0.274. The number of carbonyl (C=O) groups is 1. The molecule has 1 aromatic carbocycles. The van der Waals surface area contributed by atoms with Crippen molar-refractivity contribution in [3.8, 4) is 17.0 Å². The first-order valence-corrected chi connectivity index (χ1v) is 8.17. The Hall–Kier alpha value is -3.36. The van der Waals surface area contributed by atoms with Crippen LogP contribution in [0.1, 0.15) is 24.2 Å². The van der Waals surface area contributed by atoms with Crippen molar-refractivity contribution in [2.75, 3.05) is 6.61 Å². The van der Waals surface area contributed by atoms with Gasteiger partial charge in [-0.15, -0.1) is 13.2 Å². The van der Waals surface area contributed by atoms with Crippen LogP contribution in [0.15, 0.2) is 53.9 Å². The van der Waals surface area contributed by atoms with Gasteiger partial charge < -0.3 is 9.47 Å². The molecule has 2 rings (SSSR count). The summed E-state index contributed by atoms with van der Waals surface area (Å²) in [6.07, 6.45) is -1.86. The zero-order chi connectivity index (χ0) is 20.9. The van der Waals surface area contributed by atoms with Crippen LogP contribution >= 0.6 is 0 Å². The quantitative estimate of drug-likeness (QED) is 0.547. The molecule has 0 unspecified atom stereocenters. The van der Waals surface area contributed by atoms with Crippen LogP contribution in [0.25, 0.3) is 17.0 Å². The van der Waals surface area contributed by atoms with Crippen molar-refractivity contribution in [3.63, 3.8) is 0 Å². The minimum Gasteiger partial charge on any atom is -0.462 e. The number of esters is 1. The molecular weight excluding hydrogens is 377 g/mol. The van der Waals surface area contributed by atoms with Crippen LogP contribution in [0.4, 0.5) is 13.2 Å². The third-order valence-corrected chi connectivity index (χ3v) is 3.54. The molecule has 0 atom stereocenters. The maximum atomic E-state index is 12.6. The van der Waals surface area contributed by atoms with Gasteiger partial charge in [0, 0.05) is 5.56 Å². The summed E-state index contributed by atoms with van der Waals surface area (Å²) in [7, 11) is 0. The Morgan fingerprint density at radius 1 is 1.29 bits per heavy atom. The Morgan fingerprint density at radius 3 is 2.43 bits per heavy atom. The van der Waals surface area contributed by atoms with Crippen LogP contribution in [0.2, 0.25) is 0 Å². The standard InChI is InChI=1S/C19H17F3N2O4/c1-4-13(5-2)24-17(25)15(18(26)27-6-3)11-16(23-24)12-7-9-14(10-8-12)28-19(20,21)22/h4-5,7-11H,1,6H2,2-3H3/b13-5+. The molecule has 0 fully saturated rings. The van der Waals surface area contributed by atoms with Gasteiger partial charge in [0.2, 0.25) is 0 Å². The van der Waals surface area contributed by atoms with Crippen molar-refractivity contribution < 1.29 is 27.4 Å². The maximum absolute atomic E-state index is 12.6. The molecule has 148 valence electrons. The number of hydrogen-bond acceptors (Lipinski definition) is 5. The minimum absolute atomic E-state index is 0.0668. The molecule has 0 saturated heterocycles. The smallest absolute Gasteiger partial charge is 0.462 e. The first kappa shape index (κ1) is 20.9. The van der Waals surface area contributed by atoms with Crippen LogP contribution in [0.5, 0.6) is 5.75 Å². The summed E-state index contributed by atoms with van der Waals surface area (Å²) in [6.45, 7) is 6.92. The lowest BCUT2D eigenvalue weighted by atomic mass is 10.1. The van der Waals surface area contributed by atoms with E-state index in [1.54, 1.807) is 19.9 Å². The van der Waals surface area contributed by atoms with E-state index in [1.165, 1.54) is 24.3 Å². The molecule has 0 saturated carbocycles. The van der Waals surface area contributed by atoms with Crippen LogP contribution in [0, 0.1) is 0 Å². The first-order valence-electron chi connectivity index (χ1n) is 8.17. The molecule has 0 aliphatic carbocycles. The second kappa shape index (κ2) is 8.55. The number of halogens is 3. The maximum Gasteiger partial charge on any atom is 0.573 e. The number of carbonyl (C=O) groups excluding carboxylic acids is 1. The van der Waals surface area contributed by atoms with Gasteiger partial charge in [0.25, 0.3) is 5.56 Å². The Balaban J connectivity index is 2.59. The number of rotatable bonds is 6. The molecule has 6 nitrogen and oxygen atoms in total. The average Bonchev–Trinajstić information content (AvgIpc) is 2.63. The molecule has 0 aliphatic rings. The SMILES string of the molecule is C=C/C(=C\C)n1nc(-c2ccc(OC(F)(F)F)cc2)cc(C(=O)OCC)c1=O. The number of alkyl halides is 3. The predicted octanol–water partition coefficient (Wildman–Crippen LogP) is 4.03. The van der Waals surface area contributed by atoms with Gasteiger partial charge in [-0.1, -0.05) is 12.7 Å². The van der Waals surface area contributed by atoms with E-state index in [0.717, 1.165) is 16.8 Å². The Kier molecular flexibility index (Phi) is 6.40. The number of allylic oxidation sites excluding steroid dienone is 3. The van der Waals surface area contributed by atoms with Gasteiger partial charge in [0.05, 0.1) is 18.0 Å². The van der Waals surface area contributed by atoms with E-state index in [0.29, 0.717) is 11.3 Å². The largest absolute Gasteiger partial charge is 0.573 e. The molecule has 9 heteroatoms. The lowest BCUT2D eigenvalue weighted by Crippen LogP contribution is -2.29. The first-order chi connectivity index (χ1) is 13.2. The van der Waals surface area contributed by atoms with E-state index in [2.05, 4.69) is 16.4 Å². The number of benzene rings is 1. The van der Waals surface area contributed by atoms with Crippen LogP contribution in [-0.4, -0.2) is 28.7 Å². The van der Waals surface area contributed by atoms with Crippen molar-refractivity contribution in [1.82, 2.24) is 9.78 Å². The fourth-order valence-corrected chi connectivity index (χ4v) is 2.32. The fourth-order valence-electron chi connectivity index (χ4n) is 2.32. The second-order valence-corrected chi connectivity index (χ2v) is 5.37. The second-order valence-electron chi connectivity index (χ2n) is 5.37. The van der Waals surface area contributed by atoms with Crippen LogP contribution in [-0.2, 0) is 4.74 Å². The van der Waals surface area contributed by atoms with E-state index in [1.807, 2.05) is 0 Å². The highest BCUT2D eigenvalue weighted by molar-refractivity contribution is 5.90. The topological polar surface area (TPSA) is 70.4 Å². The average molecular weight is 394 g/mol. The predicted molar refractivity (Wildman–Crippen MR) is 96.7 cm³/mol. The molecular formula is C19H17F3N2O4. The van der Waals surface area contributed by atoms with Crippen molar-refractivity contribution >= 4 is 11.7 Å². The highest BCUT2D eigenvalue weighted by Crippen LogP contribution is 2.26. The minimum atomic E-state index is -4.81. The summed E-state index contributed by atoms with van der Waals surface area (Å²) in [5.41, 5.74) is -0.0823. The van der Waals surface area contributed by atoms with E-state index in [-0.39, 0.29) is 17.9 Å². The van der Waals surface area contributed by atoms with E-state index < -0.39 is 23.6 Å². The highest BCUT2D eigenvalue weighted by atomic mass is 19.4. The molecule has 0 N–H and O–H groups in total. The number of aromatic nitrogens is 2. The van der Waals surface area contributed by atoms with E-state index >= 15 is 0 Å². The highest BCUT2D eigenvalue weighted by Gasteiger charge is 2.31. The van der Waals surface area contributed by atoms with Crippen molar-refractivity contribution in [2.45, 2.75) is 20.2 Å². The van der Waals surface area contributed by atoms with E-state index in [4.69, 9.17) is 4.74 Å². The fraction of sp³-hybridized carbons (Fsp3) is 0.211. The molecule has 2 aromatic rings. The van der Waals surface area contributed by atoms with Crippen LogP contribution < -0.4 is 10.3 Å². The third kappa shape index (κ3) is 4.87. The van der Waals surface area contributed by atoms with Gasteiger partial charge in [0.15, 0.2) is 0 Å². The molecule has 0 radical (unpaired) electrons. The van der Waals surface area contributed by atoms with Gasteiger partial charge in [-0.25, -0.2) is 4.79 Å². The zero-order valence-electron chi connectivity index (χ0n) is 15.1. The Bertz CT molecular complexity index is 961. The molecule has 0 aliphatic heterocycles. The third-order valence-electron chi connectivity index (χ3n) is 3.54. The summed E-state index contributed by atoms with van der Waals surface area (Å²) in [4.78, 5) is 24.8. The van der Waals surface area contributed by atoms with Gasteiger partial charge in [-0.2, -0.15) is 9.78 Å². The monoisotopic (exact) mass is 394 g/mol. The molecule has 28 heavy (non-hydrogen) atoms. The van der Waals surface area contributed by atoms with Gasteiger partial charge >= 0.3 is 12.3 Å². The van der Waals surface area contributed by atoms with E-state index in [9.17, 15) is 22.8 Å². The summed E-state index contributed by atoms with van der Waals surface area (Å²) >= 11 is 0. The Labute approximate surface area is 158 Å². The molecule has 0 bridgehead atoms. The van der Waals surface area contributed by atoms with Gasteiger partial charge in [-0.05, 0) is 50.3 Å². The van der Waals surface area contributed by atoms with Crippen molar-refractivity contribution in [3.05, 3.63) is 65.0 Å². The molecule has 0 spiro atoms. The van der Waals surface area contributed by atoms with Crippen molar-refractivity contribution in [1.29, 1.82) is 0 Å². The zero-order valence-corrected chi connectivity index (χ0v) is 15.1. The summed E-state index contributed by atoms with van der Waals surface area (Å²) in [5, 5.41) is 4.19. The van der Waals surface area contributed by atoms with Crippen LogP contribution in [0.3, 0.4) is 0 Å². The van der Waals surface area contributed by atoms with Crippen molar-refractivity contribution in [2.24, 2.45) is 0 Å². The summed E-state index contributed by atoms with van der Waals surface area (Å²) in [6, 6.07) is 6.10. The van der Waals surface area contributed by atoms with Gasteiger partial charge in [0.1, 0.15) is 11.3 Å². The number of ether oxygens (including phenoxy) is 2. The lowest BCUT2D eigenvalue weighted by Gasteiger charge is -2.12. The summed E-state index contributed by atoms with van der Waals surface area (Å²) in [5.74, 6) is -1.24. The van der Waals surface area contributed by atoms with Gasteiger partial charge in [-0.3, -0.25) is 4.79 Å².